The summed E-state index contributed by atoms with van der Waals surface area (Å²) in [5, 5.41) is 9.91. The van der Waals surface area contributed by atoms with Gasteiger partial charge in [-0.3, -0.25) is 4.68 Å². The number of aryl methyl sites for hydroxylation is 2. The number of hydrogen-bond donors (Lipinski definition) is 2. The van der Waals surface area contributed by atoms with Crippen molar-refractivity contribution >= 4 is 11.7 Å². The number of para-hydroxylation sites is 1. The van der Waals surface area contributed by atoms with E-state index in [1.807, 2.05) is 55.1 Å². The van der Waals surface area contributed by atoms with Crippen molar-refractivity contribution in [3.63, 3.8) is 0 Å². The van der Waals surface area contributed by atoms with Crippen LogP contribution >= 0.6 is 0 Å². The second-order valence-corrected chi connectivity index (χ2v) is 4.40. The van der Waals surface area contributed by atoms with Crippen molar-refractivity contribution in [2.75, 3.05) is 11.9 Å². The minimum atomic E-state index is -0.196. The normalized spacial score (nSPS) is 10.2. The number of nitrogens with zero attached hydrogens (tertiary/aromatic N) is 2. The van der Waals surface area contributed by atoms with E-state index in [2.05, 4.69) is 15.7 Å². The maximum Gasteiger partial charge on any atom is 0.319 e. The van der Waals surface area contributed by atoms with Crippen LogP contribution < -0.4 is 10.6 Å². The Hall–Kier alpha value is -2.30. The Labute approximate surface area is 112 Å². The first-order chi connectivity index (χ1) is 9.15. The molecule has 0 bridgehead atoms. The fourth-order valence-electron chi connectivity index (χ4n) is 1.76. The number of urea groups is 1. The number of hydrogen-bond acceptors (Lipinski definition) is 2. The van der Waals surface area contributed by atoms with Crippen LogP contribution in [-0.2, 0) is 13.5 Å². The molecule has 19 heavy (non-hydrogen) atoms. The number of amides is 2. The zero-order valence-electron chi connectivity index (χ0n) is 11.2. The van der Waals surface area contributed by atoms with Gasteiger partial charge in [0.15, 0.2) is 0 Å². The van der Waals surface area contributed by atoms with Gasteiger partial charge in [-0.25, -0.2) is 4.79 Å². The van der Waals surface area contributed by atoms with Gasteiger partial charge >= 0.3 is 6.03 Å². The monoisotopic (exact) mass is 258 g/mol. The van der Waals surface area contributed by atoms with E-state index in [-0.39, 0.29) is 6.03 Å². The highest BCUT2D eigenvalue weighted by molar-refractivity contribution is 5.89. The van der Waals surface area contributed by atoms with Gasteiger partial charge in [0.25, 0.3) is 0 Å². The minimum Gasteiger partial charge on any atom is -0.337 e. The van der Waals surface area contributed by atoms with Gasteiger partial charge in [0.2, 0.25) is 0 Å². The molecule has 2 amide bonds. The average molecular weight is 258 g/mol. The van der Waals surface area contributed by atoms with Crippen molar-refractivity contribution in [2.24, 2.45) is 7.05 Å². The molecule has 2 rings (SSSR count). The molecule has 1 heterocycles. The summed E-state index contributed by atoms with van der Waals surface area (Å²) in [6.07, 6.45) is 0.726. The first-order valence-corrected chi connectivity index (χ1v) is 6.24. The third-order valence-corrected chi connectivity index (χ3v) is 2.86. The summed E-state index contributed by atoms with van der Waals surface area (Å²) in [5.74, 6) is 0. The van der Waals surface area contributed by atoms with E-state index in [0.717, 1.165) is 23.5 Å². The number of carbonyl (C=O) groups is 1. The van der Waals surface area contributed by atoms with Crippen molar-refractivity contribution in [1.29, 1.82) is 0 Å². The fraction of sp³-hybridized carbons (Fsp3) is 0.286. The summed E-state index contributed by atoms with van der Waals surface area (Å²) in [7, 11) is 1.91. The standard InChI is InChI=1S/C14H18N4O/c1-11-10-13(17-18(11)2)8-9-15-14(19)16-12-6-4-3-5-7-12/h3-7,10H,8-9H2,1-2H3,(H2,15,16,19). The zero-order chi connectivity index (χ0) is 13.7. The fourth-order valence-corrected chi connectivity index (χ4v) is 1.76. The SMILES string of the molecule is Cc1cc(CCNC(=O)Nc2ccccc2)nn1C. The van der Waals surface area contributed by atoms with E-state index in [4.69, 9.17) is 0 Å². The maximum absolute atomic E-state index is 11.6. The Bertz CT molecular complexity index is 528. The van der Waals surface area contributed by atoms with Crippen molar-refractivity contribution in [3.05, 3.63) is 47.8 Å². The largest absolute Gasteiger partial charge is 0.337 e. The Morgan fingerprint density at radius 1 is 1.32 bits per heavy atom. The van der Waals surface area contributed by atoms with E-state index in [0.29, 0.717) is 6.54 Å². The van der Waals surface area contributed by atoms with E-state index in [1.54, 1.807) is 0 Å². The molecule has 0 atom stereocenters. The van der Waals surface area contributed by atoms with Crippen LogP contribution in [0.1, 0.15) is 11.4 Å². The first kappa shape index (κ1) is 13.1. The molecule has 0 aliphatic rings. The van der Waals surface area contributed by atoms with Crippen molar-refractivity contribution in [1.82, 2.24) is 15.1 Å². The van der Waals surface area contributed by atoms with Crippen LogP contribution in [0.2, 0.25) is 0 Å². The summed E-state index contributed by atoms with van der Waals surface area (Å²) in [6, 6.07) is 11.2. The molecule has 0 aliphatic carbocycles. The van der Waals surface area contributed by atoms with Gasteiger partial charge in [-0.05, 0) is 25.1 Å². The molecule has 0 saturated carbocycles. The number of benzene rings is 1. The lowest BCUT2D eigenvalue weighted by molar-refractivity contribution is 0.252. The van der Waals surface area contributed by atoms with E-state index in [1.165, 1.54) is 0 Å². The second-order valence-electron chi connectivity index (χ2n) is 4.40. The van der Waals surface area contributed by atoms with E-state index in [9.17, 15) is 4.79 Å². The molecule has 0 saturated heterocycles. The molecule has 2 N–H and O–H groups in total. The van der Waals surface area contributed by atoms with Crippen LogP contribution in [0.15, 0.2) is 36.4 Å². The molecule has 2 aromatic rings. The van der Waals surface area contributed by atoms with Crippen LogP contribution in [0, 0.1) is 6.92 Å². The summed E-state index contributed by atoms with van der Waals surface area (Å²) in [4.78, 5) is 11.6. The van der Waals surface area contributed by atoms with Crippen LogP contribution in [0.5, 0.6) is 0 Å². The van der Waals surface area contributed by atoms with Gasteiger partial charge in [0, 0.05) is 31.4 Å². The molecule has 0 spiro atoms. The Morgan fingerprint density at radius 2 is 2.05 bits per heavy atom. The van der Waals surface area contributed by atoms with Gasteiger partial charge in [0.1, 0.15) is 0 Å². The zero-order valence-corrected chi connectivity index (χ0v) is 11.2. The quantitative estimate of drug-likeness (QED) is 0.882. The predicted octanol–water partition coefficient (Wildman–Crippen LogP) is 2.09. The lowest BCUT2D eigenvalue weighted by Crippen LogP contribution is -2.30. The molecular formula is C14H18N4O. The summed E-state index contributed by atoms with van der Waals surface area (Å²) in [6.45, 7) is 2.57. The number of anilines is 1. The van der Waals surface area contributed by atoms with Gasteiger partial charge in [0.05, 0.1) is 5.69 Å². The Kier molecular flexibility index (Phi) is 4.18. The van der Waals surface area contributed by atoms with E-state index < -0.39 is 0 Å². The molecule has 100 valence electrons. The van der Waals surface area contributed by atoms with Crippen molar-refractivity contribution in [2.45, 2.75) is 13.3 Å². The highest BCUT2D eigenvalue weighted by Gasteiger charge is 2.03. The Balaban J connectivity index is 1.75. The molecule has 0 unspecified atom stereocenters. The smallest absolute Gasteiger partial charge is 0.319 e. The lowest BCUT2D eigenvalue weighted by Gasteiger charge is -2.06. The van der Waals surface area contributed by atoms with Gasteiger partial charge in [-0.2, -0.15) is 5.10 Å². The van der Waals surface area contributed by atoms with Crippen LogP contribution in [-0.4, -0.2) is 22.4 Å². The van der Waals surface area contributed by atoms with Crippen LogP contribution in [0.4, 0.5) is 10.5 Å². The number of aromatic nitrogens is 2. The number of rotatable bonds is 4. The minimum absolute atomic E-state index is 0.196. The molecule has 1 aromatic heterocycles. The van der Waals surface area contributed by atoms with Crippen LogP contribution in [0.25, 0.3) is 0 Å². The summed E-state index contributed by atoms with van der Waals surface area (Å²) >= 11 is 0. The molecule has 5 nitrogen and oxygen atoms in total. The highest BCUT2D eigenvalue weighted by Crippen LogP contribution is 2.04. The topological polar surface area (TPSA) is 59.0 Å². The molecule has 1 aromatic carbocycles. The van der Waals surface area contributed by atoms with Crippen molar-refractivity contribution < 1.29 is 4.79 Å². The van der Waals surface area contributed by atoms with Crippen LogP contribution in [0.3, 0.4) is 0 Å². The maximum atomic E-state index is 11.6. The third-order valence-electron chi connectivity index (χ3n) is 2.86. The molecule has 0 aliphatic heterocycles. The van der Waals surface area contributed by atoms with Gasteiger partial charge < -0.3 is 10.6 Å². The molecule has 5 heteroatoms. The van der Waals surface area contributed by atoms with E-state index >= 15 is 0 Å². The van der Waals surface area contributed by atoms with Crippen molar-refractivity contribution in [3.8, 4) is 0 Å². The average Bonchev–Trinajstić information content (AvgIpc) is 2.70. The number of nitrogens with one attached hydrogen (secondary N) is 2. The van der Waals surface area contributed by atoms with Gasteiger partial charge in [-0.15, -0.1) is 0 Å². The lowest BCUT2D eigenvalue weighted by atomic mass is 10.3. The van der Waals surface area contributed by atoms with Gasteiger partial charge in [-0.1, -0.05) is 18.2 Å². The molecule has 0 fully saturated rings. The second kappa shape index (κ2) is 6.04. The molecule has 0 radical (unpaired) electrons. The first-order valence-electron chi connectivity index (χ1n) is 6.24. The summed E-state index contributed by atoms with van der Waals surface area (Å²) < 4.78 is 1.83. The number of carbonyl (C=O) groups excluding carboxylic acids is 1. The highest BCUT2D eigenvalue weighted by atomic mass is 16.2. The Morgan fingerprint density at radius 3 is 2.68 bits per heavy atom. The third kappa shape index (κ3) is 3.84. The summed E-state index contributed by atoms with van der Waals surface area (Å²) in [5.41, 5.74) is 2.89. The molecular weight excluding hydrogens is 240 g/mol. The predicted molar refractivity (Wildman–Crippen MR) is 75.1 cm³/mol.